The fourth-order valence-corrected chi connectivity index (χ4v) is 3.38. The Balaban J connectivity index is 1.80. The summed E-state index contributed by atoms with van der Waals surface area (Å²) in [5.74, 6) is -0.785. The lowest BCUT2D eigenvalue weighted by Crippen LogP contribution is -2.26. The van der Waals surface area contributed by atoms with Crippen LogP contribution in [0.25, 0.3) is 0 Å². The number of hydrogen-bond acceptors (Lipinski definition) is 6. The van der Waals surface area contributed by atoms with Crippen molar-refractivity contribution in [3.8, 4) is 0 Å². The van der Waals surface area contributed by atoms with Gasteiger partial charge in [-0.05, 0) is 18.2 Å². The number of carboxylic acids is 1. The van der Waals surface area contributed by atoms with Gasteiger partial charge in [-0.2, -0.15) is 0 Å². The number of ether oxygens (including phenoxy) is 1. The Kier molecular flexibility index (Phi) is 4.53. The Hall–Kier alpha value is -2.06. The minimum atomic E-state index is -1.12. The van der Waals surface area contributed by atoms with Crippen molar-refractivity contribution < 1.29 is 19.4 Å². The minimum Gasteiger partial charge on any atom is -0.481 e. The predicted molar refractivity (Wildman–Crippen MR) is 86.0 cm³/mol. The number of aliphatic carboxylic acids is 1. The van der Waals surface area contributed by atoms with Gasteiger partial charge in [0.05, 0.1) is 12.1 Å². The largest absolute Gasteiger partial charge is 0.481 e. The number of nitrogens with zero attached hydrogens (tertiary/aromatic N) is 2. The molecule has 2 heterocycles. The van der Waals surface area contributed by atoms with Crippen LogP contribution in [0.3, 0.4) is 0 Å². The van der Waals surface area contributed by atoms with Crippen molar-refractivity contribution >= 4 is 47.0 Å². The molecular formula is C14H12ClN3O4S. The van der Waals surface area contributed by atoms with Crippen molar-refractivity contribution in [2.75, 3.05) is 5.75 Å². The third kappa shape index (κ3) is 3.65. The summed E-state index contributed by atoms with van der Waals surface area (Å²) >= 11 is 7.73. The van der Waals surface area contributed by atoms with E-state index in [9.17, 15) is 9.59 Å². The molecule has 1 aromatic carbocycles. The third-order valence-corrected chi connectivity index (χ3v) is 4.56. The quantitative estimate of drug-likeness (QED) is 0.808. The fraction of sp³-hybridized carbons (Fsp3) is 0.286. The number of thioether (sulfide) groups is 1. The van der Waals surface area contributed by atoms with Crippen LogP contribution in [0.1, 0.15) is 18.4 Å². The van der Waals surface area contributed by atoms with Crippen LogP contribution in [0.5, 0.6) is 0 Å². The molecule has 0 bridgehead atoms. The maximum absolute atomic E-state index is 11.6. The van der Waals surface area contributed by atoms with Gasteiger partial charge >= 0.3 is 12.0 Å². The standard InChI is InChI=1S/C14H12ClN3O4S/c15-7-1-2-11-8(5-7)9(3-4-23-11)17-18-14-16-13(21)10(22-14)6-12(19)20/h1-2,5,10H,3-4,6H2,(H,19,20)(H,16,18,21). The van der Waals surface area contributed by atoms with E-state index in [2.05, 4.69) is 15.5 Å². The summed E-state index contributed by atoms with van der Waals surface area (Å²) < 4.78 is 5.16. The molecule has 0 saturated carbocycles. The lowest BCUT2D eigenvalue weighted by molar-refractivity contribution is -0.141. The Morgan fingerprint density at radius 1 is 1.48 bits per heavy atom. The van der Waals surface area contributed by atoms with Crippen LogP contribution in [0.2, 0.25) is 5.02 Å². The van der Waals surface area contributed by atoms with Crippen LogP contribution in [-0.4, -0.2) is 40.6 Å². The molecule has 1 unspecified atom stereocenters. The first-order valence-electron chi connectivity index (χ1n) is 6.79. The number of halogens is 1. The summed E-state index contributed by atoms with van der Waals surface area (Å²) in [4.78, 5) is 23.3. The van der Waals surface area contributed by atoms with Gasteiger partial charge in [-0.1, -0.05) is 16.7 Å². The van der Waals surface area contributed by atoms with E-state index in [1.165, 1.54) is 0 Å². The van der Waals surface area contributed by atoms with Crippen molar-refractivity contribution in [3.05, 3.63) is 28.8 Å². The predicted octanol–water partition coefficient (Wildman–Crippen LogP) is 1.89. The van der Waals surface area contributed by atoms with E-state index in [1.54, 1.807) is 11.8 Å². The zero-order valence-corrected chi connectivity index (χ0v) is 13.4. The Bertz CT molecular complexity index is 735. The second-order valence-electron chi connectivity index (χ2n) is 4.88. The number of amides is 1. The maximum atomic E-state index is 11.6. The number of rotatable bonds is 3. The van der Waals surface area contributed by atoms with Gasteiger partial charge in [0.25, 0.3) is 5.91 Å². The Morgan fingerprint density at radius 3 is 3.09 bits per heavy atom. The molecule has 2 N–H and O–H groups in total. The third-order valence-electron chi connectivity index (χ3n) is 3.25. The molecule has 0 radical (unpaired) electrons. The number of nitrogens with one attached hydrogen (secondary N) is 1. The number of carbonyl (C=O) groups is 2. The summed E-state index contributed by atoms with van der Waals surface area (Å²) in [5, 5.41) is 19.7. The van der Waals surface area contributed by atoms with Crippen molar-refractivity contribution in [1.29, 1.82) is 0 Å². The average molecular weight is 354 g/mol. The van der Waals surface area contributed by atoms with E-state index in [0.29, 0.717) is 11.4 Å². The summed E-state index contributed by atoms with van der Waals surface area (Å²) in [7, 11) is 0. The molecule has 1 aromatic rings. The van der Waals surface area contributed by atoms with E-state index >= 15 is 0 Å². The van der Waals surface area contributed by atoms with Crippen LogP contribution < -0.4 is 5.32 Å². The van der Waals surface area contributed by atoms with Crippen molar-refractivity contribution in [3.63, 3.8) is 0 Å². The van der Waals surface area contributed by atoms with Crippen LogP contribution in [0, 0.1) is 0 Å². The first-order chi connectivity index (χ1) is 11.0. The second kappa shape index (κ2) is 6.59. The first kappa shape index (κ1) is 15.8. The number of carbonyl (C=O) groups excluding carboxylic acids is 1. The molecule has 9 heteroatoms. The lowest BCUT2D eigenvalue weighted by Gasteiger charge is -2.16. The van der Waals surface area contributed by atoms with Crippen LogP contribution in [0.15, 0.2) is 33.3 Å². The molecule has 1 saturated heterocycles. The molecule has 23 heavy (non-hydrogen) atoms. The summed E-state index contributed by atoms with van der Waals surface area (Å²) in [6, 6.07) is 5.49. The molecule has 1 atom stereocenters. The highest BCUT2D eigenvalue weighted by molar-refractivity contribution is 7.99. The van der Waals surface area contributed by atoms with Gasteiger partial charge in [0.1, 0.15) is 0 Å². The van der Waals surface area contributed by atoms with E-state index in [0.717, 1.165) is 21.9 Å². The fourth-order valence-electron chi connectivity index (χ4n) is 2.20. The number of fused-ring (bicyclic) bond motifs is 1. The highest BCUT2D eigenvalue weighted by atomic mass is 35.5. The van der Waals surface area contributed by atoms with Crippen molar-refractivity contribution in [2.24, 2.45) is 10.2 Å². The van der Waals surface area contributed by atoms with Crippen LogP contribution in [0.4, 0.5) is 0 Å². The number of hydrogen-bond donors (Lipinski definition) is 2. The van der Waals surface area contributed by atoms with Gasteiger partial charge in [-0.15, -0.1) is 16.9 Å². The topological polar surface area (TPSA) is 100 Å². The van der Waals surface area contributed by atoms with E-state index in [4.69, 9.17) is 21.4 Å². The summed E-state index contributed by atoms with van der Waals surface area (Å²) in [5.41, 5.74) is 1.65. The van der Waals surface area contributed by atoms with Crippen LogP contribution >= 0.6 is 23.4 Å². The second-order valence-corrected chi connectivity index (χ2v) is 6.46. The van der Waals surface area contributed by atoms with E-state index in [-0.39, 0.29) is 6.02 Å². The molecule has 2 aliphatic rings. The zero-order valence-electron chi connectivity index (χ0n) is 11.8. The molecule has 0 spiro atoms. The lowest BCUT2D eigenvalue weighted by atomic mass is 10.1. The van der Waals surface area contributed by atoms with Gasteiger partial charge in [-0.3, -0.25) is 14.9 Å². The van der Waals surface area contributed by atoms with Gasteiger partial charge in [-0.25, -0.2) is 0 Å². The summed E-state index contributed by atoms with van der Waals surface area (Å²) in [6.45, 7) is 0. The highest BCUT2D eigenvalue weighted by Crippen LogP contribution is 2.32. The van der Waals surface area contributed by atoms with Gasteiger partial charge in [0.2, 0.25) is 0 Å². The monoisotopic (exact) mass is 353 g/mol. The first-order valence-corrected chi connectivity index (χ1v) is 8.16. The summed E-state index contributed by atoms with van der Waals surface area (Å²) in [6.07, 6.45) is -0.785. The molecule has 2 aliphatic heterocycles. The molecule has 1 fully saturated rings. The molecule has 1 amide bonds. The smallest absolute Gasteiger partial charge is 0.316 e. The average Bonchev–Trinajstić information content (AvgIpc) is 2.84. The molecule has 0 aromatic heterocycles. The molecule has 3 rings (SSSR count). The SMILES string of the molecule is O=C(O)CC1OC(=NN=C2CCSc3ccc(Cl)cc32)NC1=O. The maximum Gasteiger partial charge on any atom is 0.316 e. The Labute approximate surface area is 140 Å². The highest BCUT2D eigenvalue weighted by Gasteiger charge is 2.33. The van der Waals surface area contributed by atoms with E-state index in [1.807, 2.05) is 18.2 Å². The van der Waals surface area contributed by atoms with Gasteiger partial charge in [0.15, 0.2) is 6.10 Å². The van der Waals surface area contributed by atoms with E-state index < -0.39 is 24.4 Å². The number of amidine groups is 1. The van der Waals surface area contributed by atoms with Gasteiger partial charge < -0.3 is 9.84 Å². The zero-order chi connectivity index (χ0) is 16.4. The number of benzene rings is 1. The van der Waals surface area contributed by atoms with Crippen LogP contribution in [-0.2, 0) is 14.3 Å². The molecule has 7 nitrogen and oxygen atoms in total. The molecule has 120 valence electrons. The normalized spacial score (nSPS) is 23.5. The minimum absolute atomic E-state index is 0.0874. The molecule has 0 aliphatic carbocycles. The van der Waals surface area contributed by atoms with Gasteiger partial charge in [0, 0.05) is 27.7 Å². The Morgan fingerprint density at radius 2 is 2.30 bits per heavy atom. The molecular weight excluding hydrogens is 342 g/mol. The van der Waals surface area contributed by atoms with Crippen molar-refractivity contribution in [1.82, 2.24) is 5.32 Å². The number of carboxylic acid groups (broad SMARTS) is 1. The van der Waals surface area contributed by atoms with Crippen molar-refractivity contribution in [2.45, 2.75) is 23.8 Å².